The van der Waals surface area contributed by atoms with Crippen LogP contribution in [0, 0.1) is 0 Å². The summed E-state index contributed by atoms with van der Waals surface area (Å²) in [5.41, 5.74) is 0. The SMILES string of the molecule is CC(=O)O[C@@H](C)C(=O)O[C@@H](C)C(=O)ON1C(=O)CCC1O. The van der Waals surface area contributed by atoms with Crippen molar-refractivity contribution >= 4 is 23.8 Å². The minimum absolute atomic E-state index is 0.0616. The van der Waals surface area contributed by atoms with Gasteiger partial charge in [-0.05, 0) is 13.8 Å². The number of hydrogen-bond donors (Lipinski definition) is 1. The van der Waals surface area contributed by atoms with E-state index in [-0.39, 0.29) is 12.8 Å². The minimum Gasteiger partial charge on any atom is -0.451 e. The molecule has 9 nitrogen and oxygen atoms in total. The molecule has 0 bridgehead atoms. The van der Waals surface area contributed by atoms with Crippen LogP contribution in [0.4, 0.5) is 0 Å². The second-order valence-electron chi connectivity index (χ2n) is 4.48. The number of carbonyl (C=O) groups excluding carboxylic acids is 4. The predicted molar refractivity (Wildman–Crippen MR) is 65.0 cm³/mol. The molecule has 1 amide bonds. The number of aliphatic hydroxyl groups is 1. The second kappa shape index (κ2) is 7.02. The van der Waals surface area contributed by atoms with Gasteiger partial charge in [0.05, 0.1) is 0 Å². The third-order valence-electron chi connectivity index (χ3n) is 2.62. The molecule has 0 aliphatic carbocycles. The van der Waals surface area contributed by atoms with Crippen LogP contribution in [-0.4, -0.2) is 52.4 Å². The Kier molecular flexibility index (Phi) is 5.65. The molecule has 118 valence electrons. The van der Waals surface area contributed by atoms with Gasteiger partial charge in [0.2, 0.25) is 0 Å². The standard InChI is InChI=1S/C12H17NO8/c1-6(19-8(3)14)11(17)20-7(2)12(18)21-13-9(15)4-5-10(13)16/h6-7,9,15H,4-5H2,1-3H3/t6-,7-,9?/m0/s1. The molecule has 1 rings (SSSR count). The van der Waals surface area contributed by atoms with Crippen LogP contribution in [0.5, 0.6) is 0 Å². The molecule has 1 unspecified atom stereocenters. The molecular formula is C12H17NO8. The molecule has 1 N–H and O–H groups in total. The van der Waals surface area contributed by atoms with Crippen LogP contribution in [0.15, 0.2) is 0 Å². The molecule has 0 aromatic carbocycles. The monoisotopic (exact) mass is 303 g/mol. The Labute approximate surface area is 120 Å². The van der Waals surface area contributed by atoms with Crippen LogP contribution in [-0.2, 0) is 33.5 Å². The summed E-state index contributed by atoms with van der Waals surface area (Å²) in [5, 5.41) is 9.97. The first kappa shape index (κ1) is 16.9. The minimum atomic E-state index is -1.32. The van der Waals surface area contributed by atoms with Crippen LogP contribution in [0.1, 0.15) is 33.6 Å². The van der Waals surface area contributed by atoms with Gasteiger partial charge in [-0.25, -0.2) is 9.59 Å². The summed E-state index contributed by atoms with van der Waals surface area (Å²) in [7, 11) is 0. The number of hydroxylamine groups is 2. The fourth-order valence-corrected chi connectivity index (χ4v) is 1.54. The molecular weight excluding hydrogens is 286 g/mol. The third kappa shape index (κ3) is 4.71. The Morgan fingerprint density at radius 3 is 2.24 bits per heavy atom. The van der Waals surface area contributed by atoms with Gasteiger partial charge in [0.1, 0.15) is 0 Å². The molecule has 0 aromatic heterocycles. The zero-order valence-corrected chi connectivity index (χ0v) is 11.9. The van der Waals surface area contributed by atoms with Gasteiger partial charge in [-0.1, -0.05) is 0 Å². The van der Waals surface area contributed by atoms with Gasteiger partial charge in [-0.3, -0.25) is 9.59 Å². The van der Waals surface area contributed by atoms with E-state index in [0.29, 0.717) is 5.06 Å². The highest BCUT2D eigenvalue weighted by atomic mass is 16.7. The molecule has 21 heavy (non-hydrogen) atoms. The number of nitrogens with zero attached hydrogens (tertiary/aromatic N) is 1. The Balaban J connectivity index is 2.49. The normalized spacial score (nSPS) is 20.7. The first-order chi connectivity index (χ1) is 9.72. The van der Waals surface area contributed by atoms with Crippen LogP contribution in [0.2, 0.25) is 0 Å². The molecule has 0 spiro atoms. The van der Waals surface area contributed by atoms with Crippen molar-refractivity contribution in [2.75, 3.05) is 0 Å². The molecule has 1 fully saturated rings. The predicted octanol–water partition coefficient (Wildman–Crippen LogP) is -0.731. The first-order valence-corrected chi connectivity index (χ1v) is 6.32. The van der Waals surface area contributed by atoms with Crippen LogP contribution >= 0.6 is 0 Å². The maximum Gasteiger partial charge on any atom is 0.372 e. The lowest BCUT2D eigenvalue weighted by Crippen LogP contribution is -2.40. The van der Waals surface area contributed by atoms with Gasteiger partial charge in [-0.2, -0.15) is 0 Å². The Morgan fingerprint density at radius 2 is 1.76 bits per heavy atom. The second-order valence-corrected chi connectivity index (χ2v) is 4.48. The highest BCUT2D eigenvalue weighted by molar-refractivity contribution is 5.84. The lowest BCUT2D eigenvalue weighted by Gasteiger charge is -2.21. The van der Waals surface area contributed by atoms with E-state index in [0.717, 1.165) is 6.92 Å². The van der Waals surface area contributed by atoms with Gasteiger partial charge < -0.3 is 19.4 Å². The van der Waals surface area contributed by atoms with Crippen molar-refractivity contribution in [3.05, 3.63) is 0 Å². The average molecular weight is 303 g/mol. The molecule has 1 heterocycles. The quantitative estimate of drug-likeness (QED) is 0.660. The topological polar surface area (TPSA) is 119 Å². The molecule has 0 aromatic rings. The van der Waals surface area contributed by atoms with E-state index < -0.39 is 42.3 Å². The molecule has 9 heteroatoms. The highest BCUT2D eigenvalue weighted by Gasteiger charge is 2.35. The number of hydrogen-bond acceptors (Lipinski definition) is 8. The van der Waals surface area contributed by atoms with Gasteiger partial charge in [0, 0.05) is 19.8 Å². The first-order valence-electron chi connectivity index (χ1n) is 6.32. The summed E-state index contributed by atoms with van der Waals surface area (Å²) >= 11 is 0. The van der Waals surface area contributed by atoms with E-state index in [2.05, 4.69) is 9.57 Å². The fourth-order valence-electron chi connectivity index (χ4n) is 1.54. The lowest BCUT2D eigenvalue weighted by atomic mass is 10.4. The van der Waals surface area contributed by atoms with E-state index >= 15 is 0 Å². The smallest absolute Gasteiger partial charge is 0.372 e. The van der Waals surface area contributed by atoms with Gasteiger partial charge in [0.15, 0.2) is 18.4 Å². The summed E-state index contributed by atoms with van der Waals surface area (Å²) in [4.78, 5) is 49.9. The Morgan fingerprint density at radius 1 is 1.19 bits per heavy atom. The van der Waals surface area contributed by atoms with Crippen molar-refractivity contribution < 1.29 is 38.6 Å². The number of rotatable bonds is 5. The molecule has 1 aliphatic rings. The zero-order valence-electron chi connectivity index (χ0n) is 11.9. The molecule has 3 atom stereocenters. The Hall–Kier alpha value is -2.16. The maximum atomic E-state index is 11.7. The summed E-state index contributed by atoms with van der Waals surface area (Å²) in [6.45, 7) is 3.64. The van der Waals surface area contributed by atoms with Crippen molar-refractivity contribution in [3.63, 3.8) is 0 Å². The molecule has 0 radical (unpaired) electrons. The van der Waals surface area contributed by atoms with Crippen molar-refractivity contribution in [1.82, 2.24) is 5.06 Å². The number of ether oxygens (including phenoxy) is 2. The average Bonchev–Trinajstić information content (AvgIpc) is 2.69. The van der Waals surface area contributed by atoms with E-state index in [1.807, 2.05) is 0 Å². The van der Waals surface area contributed by atoms with Crippen molar-refractivity contribution in [2.24, 2.45) is 0 Å². The van der Waals surface area contributed by atoms with E-state index in [4.69, 9.17) is 4.74 Å². The van der Waals surface area contributed by atoms with Crippen LogP contribution in [0.25, 0.3) is 0 Å². The van der Waals surface area contributed by atoms with Gasteiger partial charge >= 0.3 is 17.9 Å². The van der Waals surface area contributed by atoms with Crippen molar-refractivity contribution in [1.29, 1.82) is 0 Å². The van der Waals surface area contributed by atoms with E-state index in [9.17, 15) is 24.3 Å². The van der Waals surface area contributed by atoms with Crippen LogP contribution < -0.4 is 0 Å². The van der Waals surface area contributed by atoms with Crippen molar-refractivity contribution in [2.45, 2.75) is 52.0 Å². The molecule has 1 aliphatic heterocycles. The number of carbonyl (C=O) groups is 4. The summed E-state index contributed by atoms with van der Waals surface area (Å²) in [6, 6.07) is 0. The fraction of sp³-hybridized carbons (Fsp3) is 0.667. The number of esters is 2. The lowest BCUT2D eigenvalue weighted by molar-refractivity contribution is -0.228. The Bertz CT molecular complexity index is 449. The third-order valence-corrected chi connectivity index (χ3v) is 2.62. The number of amides is 1. The highest BCUT2D eigenvalue weighted by Crippen LogP contribution is 2.17. The van der Waals surface area contributed by atoms with Gasteiger partial charge in [0.25, 0.3) is 5.91 Å². The summed E-state index contributed by atoms with van der Waals surface area (Å²) in [6.07, 6.45) is -3.48. The number of aliphatic hydroxyl groups excluding tert-OH is 1. The van der Waals surface area contributed by atoms with E-state index in [1.165, 1.54) is 13.8 Å². The van der Waals surface area contributed by atoms with Crippen molar-refractivity contribution in [3.8, 4) is 0 Å². The summed E-state index contributed by atoms with van der Waals surface area (Å²) in [5.74, 6) is -3.15. The molecule has 0 saturated carbocycles. The van der Waals surface area contributed by atoms with Gasteiger partial charge in [-0.15, -0.1) is 5.06 Å². The maximum absolute atomic E-state index is 11.7. The van der Waals surface area contributed by atoms with Crippen LogP contribution in [0.3, 0.4) is 0 Å². The largest absolute Gasteiger partial charge is 0.451 e. The zero-order chi connectivity index (χ0) is 16.2. The van der Waals surface area contributed by atoms with E-state index in [1.54, 1.807) is 0 Å². The summed E-state index contributed by atoms with van der Waals surface area (Å²) < 4.78 is 9.34. The molecule has 1 saturated heterocycles.